The number of fused-ring (bicyclic) bond motifs is 1. The summed E-state index contributed by atoms with van der Waals surface area (Å²) in [7, 11) is 0. The Balaban J connectivity index is 1.56. The molecule has 2 heterocycles. The maximum Gasteiger partial charge on any atom is 0.231 e. The first-order valence-electron chi connectivity index (χ1n) is 7.36. The molecule has 1 saturated heterocycles. The first-order chi connectivity index (χ1) is 10.3. The number of benzene rings is 1. The van der Waals surface area contributed by atoms with Crippen LogP contribution in [0.15, 0.2) is 36.4 Å². The second-order valence-electron chi connectivity index (χ2n) is 5.22. The van der Waals surface area contributed by atoms with Crippen LogP contribution in [0, 0.1) is 0 Å². The predicted octanol–water partition coefficient (Wildman–Crippen LogP) is 3.80. The summed E-state index contributed by atoms with van der Waals surface area (Å²) < 4.78 is 10.7. The van der Waals surface area contributed by atoms with Crippen molar-refractivity contribution in [3.8, 4) is 11.5 Å². The highest BCUT2D eigenvalue weighted by molar-refractivity contribution is 7.80. The van der Waals surface area contributed by atoms with Crippen molar-refractivity contribution in [2.24, 2.45) is 0 Å². The molecule has 0 amide bonds. The average molecular weight is 301 g/mol. The molecule has 4 heteroatoms. The maximum atomic E-state index is 5.44. The van der Waals surface area contributed by atoms with Crippen molar-refractivity contribution in [2.75, 3.05) is 19.9 Å². The summed E-state index contributed by atoms with van der Waals surface area (Å²) in [6, 6.07) is 5.93. The zero-order valence-corrected chi connectivity index (χ0v) is 12.8. The van der Waals surface area contributed by atoms with Gasteiger partial charge in [0.05, 0.1) is 0 Å². The van der Waals surface area contributed by atoms with Crippen LogP contribution in [0.5, 0.6) is 11.5 Å². The molecule has 0 spiro atoms. The minimum Gasteiger partial charge on any atom is -0.454 e. The van der Waals surface area contributed by atoms with Gasteiger partial charge < -0.3 is 14.4 Å². The van der Waals surface area contributed by atoms with Crippen LogP contribution in [-0.2, 0) is 0 Å². The Morgan fingerprint density at radius 3 is 2.71 bits per heavy atom. The first-order valence-corrected chi connectivity index (χ1v) is 7.77. The summed E-state index contributed by atoms with van der Waals surface area (Å²) in [5.74, 6) is 1.62. The molecular formula is C17H19NO2S. The van der Waals surface area contributed by atoms with Crippen molar-refractivity contribution in [2.45, 2.75) is 19.3 Å². The van der Waals surface area contributed by atoms with Crippen LogP contribution >= 0.6 is 12.2 Å². The Morgan fingerprint density at radius 1 is 1.05 bits per heavy atom. The molecule has 2 aliphatic rings. The van der Waals surface area contributed by atoms with Crippen molar-refractivity contribution in [3.05, 3.63) is 42.0 Å². The molecule has 3 nitrogen and oxygen atoms in total. The zero-order valence-electron chi connectivity index (χ0n) is 12.0. The molecule has 0 radical (unpaired) electrons. The number of piperidine rings is 1. The molecule has 3 rings (SSSR count). The lowest BCUT2D eigenvalue weighted by Gasteiger charge is -2.27. The van der Waals surface area contributed by atoms with E-state index in [0.29, 0.717) is 6.79 Å². The highest BCUT2D eigenvalue weighted by Gasteiger charge is 2.12. The summed E-state index contributed by atoms with van der Waals surface area (Å²) in [6.07, 6.45) is 11.9. The third-order valence-electron chi connectivity index (χ3n) is 3.70. The molecule has 110 valence electrons. The number of rotatable bonds is 3. The summed E-state index contributed by atoms with van der Waals surface area (Å²) in [4.78, 5) is 3.22. The SMILES string of the molecule is S=C(/C=C/C=C/c1ccc2c(c1)OCO2)N1CCCCC1. The van der Waals surface area contributed by atoms with Gasteiger partial charge in [-0.15, -0.1) is 0 Å². The smallest absolute Gasteiger partial charge is 0.231 e. The molecule has 1 aromatic carbocycles. The van der Waals surface area contributed by atoms with Crippen LogP contribution < -0.4 is 9.47 Å². The second-order valence-corrected chi connectivity index (χ2v) is 5.64. The number of thiocarbonyl (C=S) groups is 1. The summed E-state index contributed by atoms with van der Waals surface area (Å²) in [5.41, 5.74) is 1.09. The zero-order chi connectivity index (χ0) is 14.5. The van der Waals surface area contributed by atoms with Gasteiger partial charge in [0, 0.05) is 13.1 Å². The average Bonchev–Trinajstić information content (AvgIpc) is 3.00. The van der Waals surface area contributed by atoms with Gasteiger partial charge in [0.15, 0.2) is 11.5 Å². The number of hydrogen-bond donors (Lipinski definition) is 0. The molecule has 0 saturated carbocycles. The van der Waals surface area contributed by atoms with E-state index in [1.165, 1.54) is 19.3 Å². The van der Waals surface area contributed by atoms with Gasteiger partial charge in [-0.3, -0.25) is 0 Å². The van der Waals surface area contributed by atoms with Crippen molar-refractivity contribution >= 4 is 23.3 Å². The summed E-state index contributed by atoms with van der Waals surface area (Å²) in [6.45, 7) is 2.50. The van der Waals surface area contributed by atoms with Crippen molar-refractivity contribution in [1.29, 1.82) is 0 Å². The van der Waals surface area contributed by atoms with Crippen molar-refractivity contribution in [1.82, 2.24) is 4.90 Å². The molecule has 1 aromatic rings. The second kappa shape index (κ2) is 6.76. The molecule has 0 aromatic heterocycles. The van der Waals surface area contributed by atoms with Crippen molar-refractivity contribution < 1.29 is 9.47 Å². The lowest BCUT2D eigenvalue weighted by Crippen LogP contribution is -2.33. The van der Waals surface area contributed by atoms with Crippen LogP contribution in [0.2, 0.25) is 0 Å². The monoisotopic (exact) mass is 301 g/mol. The van der Waals surface area contributed by atoms with E-state index in [2.05, 4.69) is 4.90 Å². The molecule has 0 bridgehead atoms. The Bertz CT molecular complexity index is 574. The largest absolute Gasteiger partial charge is 0.454 e. The third kappa shape index (κ3) is 3.64. The minimum atomic E-state index is 0.312. The van der Waals surface area contributed by atoms with Crippen LogP contribution in [0.4, 0.5) is 0 Å². The van der Waals surface area contributed by atoms with E-state index in [9.17, 15) is 0 Å². The number of ether oxygens (including phenoxy) is 2. The lowest BCUT2D eigenvalue weighted by molar-refractivity contribution is 0.174. The van der Waals surface area contributed by atoms with E-state index < -0.39 is 0 Å². The van der Waals surface area contributed by atoms with Crippen LogP contribution in [0.25, 0.3) is 6.08 Å². The van der Waals surface area contributed by atoms with Crippen LogP contribution in [-0.4, -0.2) is 29.8 Å². The quantitative estimate of drug-likeness (QED) is 0.481. The Labute approximate surface area is 130 Å². The number of nitrogens with zero attached hydrogens (tertiary/aromatic N) is 1. The van der Waals surface area contributed by atoms with E-state index >= 15 is 0 Å². The normalized spacial score (nSPS) is 17.8. The van der Waals surface area contributed by atoms with Gasteiger partial charge in [-0.1, -0.05) is 36.5 Å². The number of likely N-dealkylation sites (tertiary alicyclic amines) is 1. The van der Waals surface area contributed by atoms with Gasteiger partial charge in [-0.05, 0) is 43.0 Å². The van der Waals surface area contributed by atoms with Gasteiger partial charge in [0.1, 0.15) is 4.99 Å². The standard InChI is InChI=1S/C17H19NO2S/c21-17(18-10-4-1-5-11-18)7-3-2-6-14-8-9-15-16(12-14)20-13-19-15/h2-3,6-9,12H,1,4-5,10-11,13H2/b6-2+,7-3+. The summed E-state index contributed by atoms with van der Waals surface area (Å²) >= 11 is 5.44. The first kappa shape index (κ1) is 14.1. The van der Waals surface area contributed by atoms with Gasteiger partial charge in [-0.25, -0.2) is 0 Å². The molecule has 0 atom stereocenters. The molecule has 21 heavy (non-hydrogen) atoms. The molecule has 0 unspecified atom stereocenters. The molecular weight excluding hydrogens is 282 g/mol. The Kier molecular flexibility index (Phi) is 4.55. The maximum absolute atomic E-state index is 5.44. The minimum absolute atomic E-state index is 0.312. The summed E-state index contributed by atoms with van der Waals surface area (Å²) in [5, 5.41) is 0. The van der Waals surface area contributed by atoms with E-state index in [1.807, 2.05) is 42.5 Å². The molecule has 2 aliphatic heterocycles. The van der Waals surface area contributed by atoms with E-state index in [-0.39, 0.29) is 0 Å². The molecule has 0 aliphatic carbocycles. The molecule has 0 N–H and O–H groups in total. The van der Waals surface area contributed by atoms with E-state index in [0.717, 1.165) is 35.1 Å². The topological polar surface area (TPSA) is 21.7 Å². The predicted molar refractivity (Wildman–Crippen MR) is 88.8 cm³/mol. The number of allylic oxidation sites excluding steroid dienone is 2. The van der Waals surface area contributed by atoms with Gasteiger partial charge in [-0.2, -0.15) is 0 Å². The fourth-order valence-corrected chi connectivity index (χ4v) is 2.80. The highest BCUT2D eigenvalue weighted by Crippen LogP contribution is 2.32. The fourth-order valence-electron chi connectivity index (χ4n) is 2.54. The van der Waals surface area contributed by atoms with Crippen LogP contribution in [0.3, 0.4) is 0 Å². The highest BCUT2D eigenvalue weighted by atomic mass is 32.1. The Morgan fingerprint density at radius 2 is 1.86 bits per heavy atom. The van der Waals surface area contributed by atoms with Gasteiger partial charge >= 0.3 is 0 Å². The fraction of sp³-hybridized carbons (Fsp3) is 0.353. The lowest BCUT2D eigenvalue weighted by atomic mass is 10.1. The van der Waals surface area contributed by atoms with Gasteiger partial charge in [0.25, 0.3) is 0 Å². The number of hydrogen-bond acceptors (Lipinski definition) is 3. The van der Waals surface area contributed by atoms with E-state index in [4.69, 9.17) is 21.7 Å². The van der Waals surface area contributed by atoms with Crippen molar-refractivity contribution in [3.63, 3.8) is 0 Å². The Hall–Kier alpha value is -1.81. The van der Waals surface area contributed by atoms with E-state index in [1.54, 1.807) is 0 Å². The molecule has 1 fully saturated rings. The van der Waals surface area contributed by atoms with Gasteiger partial charge in [0.2, 0.25) is 6.79 Å². The van der Waals surface area contributed by atoms with Crippen LogP contribution in [0.1, 0.15) is 24.8 Å². The third-order valence-corrected chi connectivity index (χ3v) is 4.10.